The number of nitrogens with one attached hydrogen (secondary N) is 2. The Hall–Kier alpha value is -2.08. The third-order valence-corrected chi connectivity index (χ3v) is 5.25. The first-order valence-electron chi connectivity index (χ1n) is 9.71. The van der Waals surface area contributed by atoms with Gasteiger partial charge in [-0.05, 0) is 37.8 Å². The predicted molar refractivity (Wildman–Crippen MR) is 99.6 cm³/mol. The Bertz CT molecular complexity index is 587. The molecule has 2 fully saturated rings. The molecular weight excluding hydrogens is 330 g/mol. The lowest BCUT2D eigenvalue weighted by molar-refractivity contribution is -0.132. The van der Waals surface area contributed by atoms with Gasteiger partial charge in [0.25, 0.3) is 0 Å². The Balaban J connectivity index is 1.37. The molecule has 0 bridgehead atoms. The molecule has 26 heavy (non-hydrogen) atoms. The molecule has 2 aliphatic rings. The van der Waals surface area contributed by atoms with E-state index in [4.69, 9.17) is 4.74 Å². The highest BCUT2D eigenvalue weighted by molar-refractivity contribution is 5.78. The lowest BCUT2D eigenvalue weighted by atomic mass is 9.96. The average Bonchev–Trinajstić information content (AvgIpc) is 3.18. The van der Waals surface area contributed by atoms with Crippen LogP contribution in [0, 0.1) is 0 Å². The van der Waals surface area contributed by atoms with E-state index in [1.165, 1.54) is 12.8 Å². The van der Waals surface area contributed by atoms with Gasteiger partial charge in [0.05, 0.1) is 0 Å². The van der Waals surface area contributed by atoms with Crippen molar-refractivity contribution >= 4 is 12.0 Å². The number of hydrogen-bond acceptors (Lipinski definition) is 4. The zero-order chi connectivity index (χ0) is 18.2. The van der Waals surface area contributed by atoms with Crippen molar-refractivity contribution in [1.82, 2.24) is 15.5 Å². The summed E-state index contributed by atoms with van der Waals surface area (Å²) in [5.74, 6) is 0.128. The zero-order valence-corrected chi connectivity index (χ0v) is 15.3. The highest BCUT2D eigenvalue weighted by Gasteiger charge is 2.34. The van der Waals surface area contributed by atoms with Crippen LogP contribution >= 0.6 is 0 Å². The molecule has 0 aliphatic carbocycles. The van der Waals surface area contributed by atoms with Gasteiger partial charge < -0.3 is 20.3 Å². The number of ether oxygens (including phenoxy) is 1. The third-order valence-electron chi connectivity index (χ3n) is 5.25. The summed E-state index contributed by atoms with van der Waals surface area (Å²) >= 11 is 0. The number of alkyl carbamates (subject to hydrolysis) is 1. The van der Waals surface area contributed by atoms with Crippen molar-refractivity contribution in [2.24, 2.45) is 0 Å². The second kappa shape index (κ2) is 9.57. The molecular formula is C20H29N3O3. The maximum atomic E-state index is 12.6. The van der Waals surface area contributed by atoms with E-state index in [1.807, 2.05) is 35.2 Å². The maximum absolute atomic E-state index is 12.6. The van der Waals surface area contributed by atoms with Crippen LogP contribution in [-0.2, 0) is 16.1 Å². The highest BCUT2D eigenvalue weighted by Crippen LogP contribution is 2.25. The normalized spacial score (nSPS) is 22.8. The van der Waals surface area contributed by atoms with Gasteiger partial charge in [0.15, 0.2) is 0 Å². The second-order valence-electron chi connectivity index (χ2n) is 7.09. The van der Waals surface area contributed by atoms with Crippen molar-refractivity contribution in [2.45, 2.75) is 57.2 Å². The number of rotatable bonds is 6. The molecule has 6 nitrogen and oxygen atoms in total. The fraction of sp³-hybridized carbons (Fsp3) is 0.600. The minimum Gasteiger partial charge on any atom is -0.445 e. The topological polar surface area (TPSA) is 70.7 Å². The van der Waals surface area contributed by atoms with Crippen LogP contribution in [0.3, 0.4) is 0 Å². The monoisotopic (exact) mass is 359 g/mol. The summed E-state index contributed by atoms with van der Waals surface area (Å²) in [5.41, 5.74) is 0.943. The third kappa shape index (κ3) is 5.21. The summed E-state index contributed by atoms with van der Waals surface area (Å²) in [4.78, 5) is 26.3. The first-order valence-corrected chi connectivity index (χ1v) is 9.71. The van der Waals surface area contributed by atoms with Crippen LogP contribution in [0.25, 0.3) is 0 Å². The van der Waals surface area contributed by atoms with Crippen LogP contribution in [-0.4, -0.2) is 48.6 Å². The van der Waals surface area contributed by atoms with Crippen molar-refractivity contribution in [3.63, 3.8) is 0 Å². The molecule has 1 unspecified atom stereocenters. The first-order chi connectivity index (χ1) is 12.7. The molecule has 6 heteroatoms. The van der Waals surface area contributed by atoms with Crippen molar-refractivity contribution in [1.29, 1.82) is 0 Å². The van der Waals surface area contributed by atoms with Crippen LogP contribution in [0.1, 0.15) is 44.1 Å². The number of hydrogen-bond donors (Lipinski definition) is 2. The lowest BCUT2D eigenvalue weighted by Gasteiger charge is -2.35. The SMILES string of the molecule is O=C(NCCC(=O)N1CCC[C@H]1C1CCCCN1)OCc1ccccc1. The fourth-order valence-corrected chi connectivity index (χ4v) is 3.92. The minimum atomic E-state index is -0.478. The van der Waals surface area contributed by atoms with Gasteiger partial charge in [-0.25, -0.2) is 4.79 Å². The Labute approximate surface area is 155 Å². The summed E-state index contributed by atoms with van der Waals surface area (Å²) in [6.45, 7) is 2.44. The lowest BCUT2D eigenvalue weighted by Crippen LogP contribution is -2.51. The molecule has 0 spiro atoms. The Morgan fingerprint density at radius 1 is 1.15 bits per heavy atom. The summed E-state index contributed by atoms with van der Waals surface area (Å²) in [6, 6.07) is 10.3. The number of benzene rings is 1. The molecule has 142 valence electrons. The number of likely N-dealkylation sites (tertiary alicyclic amines) is 1. The number of nitrogens with zero attached hydrogens (tertiary/aromatic N) is 1. The van der Waals surface area contributed by atoms with Gasteiger partial charge in [0.1, 0.15) is 6.61 Å². The standard InChI is InChI=1S/C20H29N3O3/c24-19(23-14-6-10-18(23)17-9-4-5-12-21-17)11-13-22-20(25)26-15-16-7-2-1-3-8-16/h1-3,7-8,17-18,21H,4-6,9-15H2,(H,22,25)/t17?,18-/m0/s1. The van der Waals surface area contributed by atoms with Crippen LogP contribution in [0.4, 0.5) is 4.79 Å². The summed E-state index contributed by atoms with van der Waals surface area (Å²) < 4.78 is 5.17. The summed E-state index contributed by atoms with van der Waals surface area (Å²) in [7, 11) is 0. The maximum Gasteiger partial charge on any atom is 0.407 e. The van der Waals surface area contributed by atoms with E-state index in [-0.39, 0.29) is 12.5 Å². The number of carbonyl (C=O) groups is 2. The Kier molecular flexibility index (Phi) is 6.89. The molecule has 1 aromatic carbocycles. The molecule has 1 aromatic rings. The zero-order valence-electron chi connectivity index (χ0n) is 15.3. The van der Waals surface area contributed by atoms with E-state index in [0.29, 0.717) is 25.0 Å². The van der Waals surface area contributed by atoms with Crippen LogP contribution in [0.2, 0.25) is 0 Å². The van der Waals surface area contributed by atoms with Gasteiger partial charge in [-0.2, -0.15) is 0 Å². The number of amides is 2. The smallest absolute Gasteiger partial charge is 0.407 e. The van der Waals surface area contributed by atoms with E-state index < -0.39 is 6.09 Å². The molecule has 2 atom stereocenters. The van der Waals surface area contributed by atoms with Gasteiger partial charge in [0, 0.05) is 31.6 Å². The Morgan fingerprint density at radius 2 is 2.00 bits per heavy atom. The van der Waals surface area contributed by atoms with Crippen LogP contribution in [0.15, 0.2) is 30.3 Å². The van der Waals surface area contributed by atoms with Gasteiger partial charge in [-0.1, -0.05) is 36.8 Å². The van der Waals surface area contributed by atoms with Gasteiger partial charge in [-0.15, -0.1) is 0 Å². The largest absolute Gasteiger partial charge is 0.445 e. The summed E-state index contributed by atoms with van der Waals surface area (Å²) in [6.07, 6.45) is 5.62. The van der Waals surface area contributed by atoms with Crippen LogP contribution < -0.4 is 10.6 Å². The molecule has 2 amide bonds. The minimum absolute atomic E-state index is 0.128. The molecule has 2 N–H and O–H groups in total. The van der Waals surface area contributed by atoms with E-state index >= 15 is 0 Å². The van der Waals surface area contributed by atoms with E-state index in [1.54, 1.807) is 0 Å². The molecule has 0 saturated carbocycles. The molecule has 2 heterocycles. The molecule has 0 aromatic heterocycles. The average molecular weight is 359 g/mol. The quantitative estimate of drug-likeness (QED) is 0.818. The first kappa shape index (κ1) is 18.7. The van der Waals surface area contributed by atoms with Gasteiger partial charge in [0.2, 0.25) is 5.91 Å². The summed E-state index contributed by atoms with van der Waals surface area (Å²) in [5, 5.41) is 6.25. The highest BCUT2D eigenvalue weighted by atomic mass is 16.5. The number of piperidine rings is 1. The van der Waals surface area contributed by atoms with Crippen molar-refractivity contribution < 1.29 is 14.3 Å². The van der Waals surface area contributed by atoms with Gasteiger partial charge >= 0.3 is 6.09 Å². The molecule has 2 saturated heterocycles. The second-order valence-corrected chi connectivity index (χ2v) is 7.09. The Morgan fingerprint density at radius 3 is 2.77 bits per heavy atom. The van der Waals surface area contributed by atoms with E-state index in [9.17, 15) is 9.59 Å². The number of carbonyl (C=O) groups excluding carboxylic acids is 2. The van der Waals surface area contributed by atoms with Crippen molar-refractivity contribution in [3.05, 3.63) is 35.9 Å². The van der Waals surface area contributed by atoms with Crippen LogP contribution in [0.5, 0.6) is 0 Å². The molecule has 0 radical (unpaired) electrons. The van der Waals surface area contributed by atoms with E-state index in [2.05, 4.69) is 10.6 Å². The molecule has 2 aliphatic heterocycles. The molecule has 3 rings (SSSR count). The van der Waals surface area contributed by atoms with E-state index in [0.717, 1.165) is 37.9 Å². The van der Waals surface area contributed by atoms with Crippen molar-refractivity contribution in [2.75, 3.05) is 19.6 Å². The predicted octanol–water partition coefficient (Wildman–Crippen LogP) is 2.44. The van der Waals surface area contributed by atoms with Crippen molar-refractivity contribution in [3.8, 4) is 0 Å². The fourth-order valence-electron chi connectivity index (χ4n) is 3.92. The van der Waals surface area contributed by atoms with Gasteiger partial charge in [-0.3, -0.25) is 4.79 Å².